The van der Waals surface area contributed by atoms with E-state index in [4.69, 9.17) is 0 Å². The van der Waals surface area contributed by atoms with Gasteiger partial charge in [0.1, 0.15) is 9.10 Å². The van der Waals surface area contributed by atoms with Crippen LogP contribution in [0.1, 0.15) is 12.8 Å². The number of hydrogen-bond donors (Lipinski definition) is 0. The van der Waals surface area contributed by atoms with Gasteiger partial charge < -0.3 is 4.90 Å². The molecular weight excluding hydrogens is 339 g/mol. The molecule has 1 aromatic heterocycles. The van der Waals surface area contributed by atoms with E-state index in [-0.39, 0.29) is 10.3 Å². The summed E-state index contributed by atoms with van der Waals surface area (Å²) in [5, 5.41) is 1.01. The molecule has 1 unspecified atom stereocenters. The van der Waals surface area contributed by atoms with E-state index in [1.54, 1.807) is 0 Å². The minimum Gasteiger partial charge on any atom is -0.305 e. The fourth-order valence-corrected chi connectivity index (χ4v) is 5.97. The van der Waals surface area contributed by atoms with Gasteiger partial charge in [-0.1, -0.05) is 0 Å². The molecule has 1 fully saturated rings. The highest BCUT2D eigenvalue weighted by Gasteiger charge is 2.32. The van der Waals surface area contributed by atoms with Crippen molar-refractivity contribution >= 4 is 31.6 Å². The first-order valence-corrected chi connectivity index (χ1v) is 10.0. The zero-order chi connectivity index (χ0) is 15.8. The molecule has 0 aromatic carbocycles. The van der Waals surface area contributed by atoms with Crippen molar-refractivity contribution < 1.29 is 20.7 Å². The summed E-state index contributed by atoms with van der Waals surface area (Å²) in [5.74, 6) is 0. The van der Waals surface area contributed by atoms with Gasteiger partial charge >= 0.3 is 10.2 Å². The first-order valence-electron chi connectivity index (χ1n) is 6.32. The van der Waals surface area contributed by atoms with Crippen LogP contribution in [0.2, 0.25) is 0 Å². The Hall–Kier alpha value is -0.550. The average molecular weight is 356 g/mol. The Balaban J connectivity index is 2.27. The lowest BCUT2D eigenvalue weighted by Gasteiger charge is -2.35. The summed E-state index contributed by atoms with van der Waals surface area (Å²) in [4.78, 5) is 1.36. The standard InChI is InChI=1S/C11H17FN2O4S3/c1-13(2)9-4-3-5-14(7-9)21(17,18)11-6-10(8-19-11)20(12,15)16/h6,8-9H,3-5,7H2,1-2H3. The van der Waals surface area contributed by atoms with Gasteiger partial charge in [0.25, 0.3) is 10.0 Å². The summed E-state index contributed by atoms with van der Waals surface area (Å²) in [6.07, 6.45) is 1.65. The van der Waals surface area contributed by atoms with Crippen LogP contribution in [0.25, 0.3) is 0 Å². The highest BCUT2D eigenvalue weighted by molar-refractivity contribution is 7.91. The monoisotopic (exact) mass is 356 g/mol. The molecule has 0 aliphatic carbocycles. The highest BCUT2D eigenvalue weighted by atomic mass is 32.3. The molecular formula is C11H17FN2O4S3. The summed E-state index contributed by atoms with van der Waals surface area (Å²) in [5.41, 5.74) is 0. The van der Waals surface area contributed by atoms with E-state index in [9.17, 15) is 20.7 Å². The molecule has 0 bridgehead atoms. The Morgan fingerprint density at radius 1 is 1.33 bits per heavy atom. The van der Waals surface area contributed by atoms with E-state index < -0.39 is 25.1 Å². The molecule has 1 saturated heterocycles. The summed E-state index contributed by atoms with van der Waals surface area (Å²) >= 11 is 0.724. The van der Waals surface area contributed by atoms with Crippen molar-refractivity contribution in [3.8, 4) is 0 Å². The second-order valence-corrected chi connectivity index (χ2v) is 9.59. The number of sulfonamides is 1. The first kappa shape index (κ1) is 16.8. The van der Waals surface area contributed by atoms with Gasteiger partial charge in [0.15, 0.2) is 0 Å². The topological polar surface area (TPSA) is 74.8 Å². The Kier molecular flexibility index (Phi) is 4.74. The van der Waals surface area contributed by atoms with Crippen molar-refractivity contribution in [3.05, 3.63) is 11.4 Å². The third-order valence-corrected chi connectivity index (χ3v) is 7.74. The number of piperidine rings is 1. The molecule has 1 aliphatic heterocycles. The molecule has 2 heterocycles. The maximum absolute atomic E-state index is 12.9. The lowest BCUT2D eigenvalue weighted by molar-refractivity contribution is 0.190. The summed E-state index contributed by atoms with van der Waals surface area (Å²) in [6.45, 7) is 0.743. The van der Waals surface area contributed by atoms with E-state index in [1.807, 2.05) is 19.0 Å². The zero-order valence-electron chi connectivity index (χ0n) is 11.7. The molecule has 2 rings (SSSR count). The van der Waals surface area contributed by atoms with Crippen molar-refractivity contribution in [3.63, 3.8) is 0 Å². The summed E-state index contributed by atoms with van der Waals surface area (Å²) in [7, 11) is -4.87. The number of rotatable bonds is 4. The maximum atomic E-state index is 12.9. The van der Waals surface area contributed by atoms with Crippen LogP contribution in [0.4, 0.5) is 3.89 Å². The van der Waals surface area contributed by atoms with Crippen LogP contribution in [0, 0.1) is 0 Å². The van der Waals surface area contributed by atoms with Crippen LogP contribution < -0.4 is 0 Å². The van der Waals surface area contributed by atoms with Gasteiger partial charge in [-0.2, -0.15) is 12.7 Å². The van der Waals surface area contributed by atoms with Crippen LogP contribution in [-0.2, 0) is 20.2 Å². The average Bonchev–Trinajstić information content (AvgIpc) is 2.89. The molecule has 6 nitrogen and oxygen atoms in total. The molecule has 1 aromatic rings. The molecule has 0 amide bonds. The van der Waals surface area contributed by atoms with Crippen LogP contribution in [0.5, 0.6) is 0 Å². The zero-order valence-corrected chi connectivity index (χ0v) is 14.1. The predicted molar refractivity (Wildman–Crippen MR) is 78.1 cm³/mol. The fraction of sp³-hybridized carbons (Fsp3) is 0.636. The third kappa shape index (κ3) is 3.62. The van der Waals surface area contributed by atoms with Crippen molar-refractivity contribution in [2.45, 2.75) is 28.0 Å². The van der Waals surface area contributed by atoms with Crippen molar-refractivity contribution in [2.75, 3.05) is 27.2 Å². The number of halogens is 1. The minimum absolute atomic E-state index is 0.123. The fourth-order valence-electron chi connectivity index (χ4n) is 2.25. The smallest absolute Gasteiger partial charge is 0.305 e. The van der Waals surface area contributed by atoms with Gasteiger partial charge in [-0.15, -0.1) is 15.2 Å². The van der Waals surface area contributed by atoms with Gasteiger partial charge in [-0.3, -0.25) is 0 Å². The van der Waals surface area contributed by atoms with Gasteiger partial charge in [0.2, 0.25) is 0 Å². The number of likely N-dealkylation sites (N-methyl/N-ethyl adjacent to an activating group) is 1. The van der Waals surface area contributed by atoms with Crippen LogP contribution in [0.3, 0.4) is 0 Å². The minimum atomic E-state index is -4.88. The van der Waals surface area contributed by atoms with Crippen molar-refractivity contribution in [1.82, 2.24) is 9.21 Å². The van der Waals surface area contributed by atoms with E-state index >= 15 is 0 Å². The Morgan fingerprint density at radius 3 is 2.52 bits per heavy atom. The van der Waals surface area contributed by atoms with Crippen molar-refractivity contribution in [2.24, 2.45) is 0 Å². The first-order chi connectivity index (χ1) is 9.62. The highest BCUT2D eigenvalue weighted by Crippen LogP contribution is 2.29. The molecule has 10 heteroatoms. The van der Waals surface area contributed by atoms with Gasteiger partial charge in [-0.25, -0.2) is 8.42 Å². The molecule has 1 aliphatic rings. The van der Waals surface area contributed by atoms with E-state index in [1.165, 1.54) is 4.31 Å². The number of nitrogens with zero attached hydrogens (tertiary/aromatic N) is 2. The molecule has 21 heavy (non-hydrogen) atoms. The van der Waals surface area contributed by atoms with Gasteiger partial charge in [0.05, 0.1) is 0 Å². The molecule has 0 saturated carbocycles. The lowest BCUT2D eigenvalue weighted by Crippen LogP contribution is -2.47. The second-order valence-electron chi connectivity index (χ2n) is 5.16. The van der Waals surface area contributed by atoms with E-state index in [2.05, 4.69) is 0 Å². The van der Waals surface area contributed by atoms with E-state index in [0.29, 0.717) is 13.1 Å². The molecule has 0 spiro atoms. The van der Waals surface area contributed by atoms with Crippen LogP contribution in [-0.4, -0.2) is 59.3 Å². The molecule has 0 N–H and O–H groups in total. The predicted octanol–water partition coefficient (Wildman–Crippen LogP) is 1.12. The Bertz CT molecular complexity index is 712. The van der Waals surface area contributed by atoms with Gasteiger partial charge in [0, 0.05) is 24.5 Å². The van der Waals surface area contributed by atoms with E-state index in [0.717, 1.165) is 35.6 Å². The van der Waals surface area contributed by atoms with Gasteiger partial charge in [-0.05, 0) is 33.0 Å². The normalized spacial score (nSPS) is 21.8. The Labute approximate surface area is 128 Å². The summed E-state index contributed by atoms with van der Waals surface area (Å²) in [6, 6.07) is 1.01. The SMILES string of the molecule is CN(C)C1CCCN(S(=O)(=O)c2cc(S(=O)(=O)F)cs2)C1. The maximum Gasteiger partial charge on any atom is 0.332 e. The molecule has 120 valence electrons. The van der Waals surface area contributed by atoms with Crippen molar-refractivity contribution in [1.29, 1.82) is 0 Å². The van der Waals surface area contributed by atoms with Crippen LogP contribution >= 0.6 is 11.3 Å². The lowest BCUT2D eigenvalue weighted by atomic mass is 10.1. The summed E-state index contributed by atoms with van der Waals surface area (Å²) < 4.78 is 60.7. The number of hydrogen-bond acceptors (Lipinski definition) is 6. The Morgan fingerprint density at radius 2 is 2.00 bits per heavy atom. The second kappa shape index (κ2) is 5.92. The quantitative estimate of drug-likeness (QED) is 0.756. The molecule has 1 atom stereocenters. The largest absolute Gasteiger partial charge is 0.332 e. The number of thiophene rings is 1. The third-order valence-electron chi connectivity index (χ3n) is 3.52. The van der Waals surface area contributed by atoms with Crippen LogP contribution in [0.15, 0.2) is 20.6 Å². The molecule has 0 radical (unpaired) electrons.